The monoisotopic (exact) mass is 265 g/mol. The molecule has 0 aromatic heterocycles. The predicted molar refractivity (Wildman–Crippen MR) is 73.6 cm³/mol. The second-order valence-corrected chi connectivity index (χ2v) is 5.20. The van der Waals surface area contributed by atoms with E-state index >= 15 is 0 Å². The number of carbonyl (C=O) groups is 1. The van der Waals surface area contributed by atoms with Gasteiger partial charge in [0.05, 0.1) is 18.2 Å². The van der Waals surface area contributed by atoms with Crippen LogP contribution in [0.3, 0.4) is 0 Å². The van der Waals surface area contributed by atoms with Crippen LogP contribution in [-0.2, 0) is 9.53 Å². The molecule has 1 aliphatic carbocycles. The summed E-state index contributed by atoms with van der Waals surface area (Å²) >= 11 is 0. The Kier molecular flexibility index (Phi) is 4.88. The standard InChI is InChI=1S/C15H23NO3/c1-2-10-19-14-7-6-12(15(17)18)11-13(14)16-8-4-3-5-9-16/h7,11-12H,2-6,8-10H2,1H3,(H,17,18). The van der Waals surface area contributed by atoms with Gasteiger partial charge in [-0.1, -0.05) is 6.92 Å². The van der Waals surface area contributed by atoms with Gasteiger partial charge >= 0.3 is 5.97 Å². The Morgan fingerprint density at radius 2 is 2.16 bits per heavy atom. The highest BCUT2D eigenvalue weighted by atomic mass is 16.5. The van der Waals surface area contributed by atoms with E-state index < -0.39 is 11.9 Å². The summed E-state index contributed by atoms with van der Waals surface area (Å²) in [5, 5.41) is 9.18. The van der Waals surface area contributed by atoms with Crippen LogP contribution < -0.4 is 0 Å². The summed E-state index contributed by atoms with van der Waals surface area (Å²) in [4.78, 5) is 13.4. The lowest BCUT2D eigenvalue weighted by Crippen LogP contribution is -2.32. The van der Waals surface area contributed by atoms with Gasteiger partial charge in [0.1, 0.15) is 5.76 Å². The van der Waals surface area contributed by atoms with Gasteiger partial charge in [0, 0.05) is 13.1 Å². The van der Waals surface area contributed by atoms with E-state index in [1.54, 1.807) is 0 Å². The zero-order chi connectivity index (χ0) is 13.7. The van der Waals surface area contributed by atoms with Crippen molar-refractivity contribution in [3.8, 4) is 0 Å². The molecule has 1 atom stereocenters. The van der Waals surface area contributed by atoms with Gasteiger partial charge in [-0.05, 0) is 44.3 Å². The van der Waals surface area contributed by atoms with E-state index in [9.17, 15) is 9.90 Å². The maximum atomic E-state index is 11.2. The van der Waals surface area contributed by atoms with Crippen LogP contribution in [0.15, 0.2) is 23.6 Å². The lowest BCUT2D eigenvalue weighted by molar-refractivity contribution is -0.140. The number of ether oxygens (including phenoxy) is 1. The van der Waals surface area contributed by atoms with Gasteiger partial charge in [-0.3, -0.25) is 4.79 Å². The summed E-state index contributed by atoms with van der Waals surface area (Å²) in [6.07, 6.45) is 8.93. The molecule has 0 aromatic rings. The molecule has 0 saturated carbocycles. The van der Waals surface area contributed by atoms with Crippen molar-refractivity contribution in [3.63, 3.8) is 0 Å². The van der Waals surface area contributed by atoms with Crippen LogP contribution in [-0.4, -0.2) is 35.7 Å². The normalized spacial score (nSPS) is 23.6. The molecule has 0 aromatic carbocycles. The first-order valence-electron chi connectivity index (χ1n) is 7.25. The summed E-state index contributed by atoms with van der Waals surface area (Å²) in [5.74, 6) is -0.285. The fourth-order valence-corrected chi connectivity index (χ4v) is 2.59. The van der Waals surface area contributed by atoms with Gasteiger partial charge in [0.2, 0.25) is 0 Å². The second-order valence-electron chi connectivity index (χ2n) is 5.20. The number of allylic oxidation sites excluding steroid dienone is 1. The molecular weight excluding hydrogens is 242 g/mol. The second kappa shape index (κ2) is 6.64. The van der Waals surface area contributed by atoms with Crippen molar-refractivity contribution < 1.29 is 14.6 Å². The number of rotatable bonds is 5. The summed E-state index contributed by atoms with van der Waals surface area (Å²) in [7, 11) is 0. The van der Waals surface area contributed by atoms with Crippen LogP contribution in [0.5, 0.6) is 0 Å². The average Bonchev–Trinajstić information content (AvgIpc) is 2.45. The molecule has 1 N–H and O–H groups in total. The molecule has 4 heteroatoms. The summed E-state index contributed by atoms with van der Waals surface area (Å²) in [5.41, 5.74) is 0.992. The van der Waals surface area contributed by atoms with E-state index in [1.165, 1.54) is 19.3 Å². The average molecular weight is 265 g/mol. The molecule has 1 aliphatic heterocycles. The highest BCUT2D eigenvalue weighted by Gasteiger charge is 2.26. The van der Waals surface area contributed by atoms with Crippen molar-refractivity contribution in [3.05, 3.63) is 23.6 Å². The van der Waals surface area contributed by atoms with Crippen molar-refractivity contribution in [2.24, 2.45) is 5.92 Å². The Bertz CT molecular complexity index is 381. The Balaban J connectivity index is 2.14. The van der Waals surface area contributed by atoms with Crippen LogP contribution in [0, 0.1) is 5.92 Å². The van der Waals surface area contributed by atoms with E-state index in [0.29, 0.717) is 13.0 Å². The maximum absolute atomic E-state index is 11.2. The van der Waals surface area contributed by atoms with Crippen LogP contribution in [0.4, 0.5) is 0 Å². The van der Waals surface area contributed by atoms with Gasteiger partial charge < -0.3 is 14.7 Å². The van der Waals surface area contributed by atoms with Crippen LogP contribution >= 0.6 is 0 Å². The van der Waals surface area contributed by atoms with Crippen molar-refractivity contribution in [2.45, 2.75) is 39.0 Å². The molecule has 4 nitrogen and oxygen atoms in total. The molecular formula is C15H23NO3. The van der Waals surface area contributed by atoms with E-state index in [-0.39, 0.29) is 0 Å². The molecule has 0 amide bonds. The minimum Gasteiger partial charge on any atom is -0.492 e. The molecule has 2 rings (SSSR count). The summed E-state index contributed by atoms with van der Waals surface area (Å²) < 4.78 is 5.78. The van der Waals surface area contributed by atoms with Crippen LogP contribution in [0.2, 0.25) is 0 Å². The summed E-state index contributed by atoms with van der Waals surface area (Å²) in [6, 6.07) is 0. The molecule has 2 aliphatic rings. The topological polar surface area (TPSA) is 49.8 Å². The first-order chi connectivity index (χ1) is 9.22. The molecule has 1 fully saturated rings. The number of likely N-dealkylation sites (tertiary alicyclic amines) is 1. The third-order valence-electron chi connectivity index (χ3n) is 3.64. The fourth-order valence-electron chi connectivity index (χ4n) is 2.59. The number of carboxylic acids is 1. The van der Waals surface area contributed by atoms with E-state index in [2.05, 4.69) is 11.8 Å². The third kappa shape index (κ3) is 3.52. The minimum absolute atomic E-state index is 0.411. The van der Waals surface area contributed by atoms with Gasteiger partial charge in [-0.25, -0.2) is 0 Å². The van der Waals surface area contributed by atoms with Crippen LogP contribution in [0.25, 0.3) is 0 Å². The van der Waals surface area contributed by atoms with E-state index in [0.717, 1.165) is 31.0 Å². The molecule has 1 saturated heterocycles. The minimum atomic E-state index is -0.750. The summed E-state index contributed by atoms with van der Waals surface area (Å²) in [6.45, 7) is 4.78. The van der Waals surface area contributed by atoms with Crippen molar-refractivity contribution in [1.29, 1.82) is 0 Å². The zero-order valence-corrected chi connectivity index (χ0v) is 11.6. The molecule has 0 radical (unpaired) electrons. The number of nitrogens with zero attached hydrogens (tertiary/aromatic N) is 1. The largest absolute Gasteiger partial charge is 0.492 e. The Labute approximate surface area is 114 Å². The molecule has 106 valence electrons. The predicted octanol–water partition coefficient (Wildman–Crippen LogP) is 2.77. The molecule has 1 unspecified atom stereocenters. The molecule has 0 bridgehead atoms. The Morgan fingerprint density at radius 3 is 2.79 bits per heavy atom. The lowest BCUT2D eigenvalue weighted by Gasteiger charge is -2.34. The molecule has 19 heavy (non-hydrogen) atoms. The number of hydrogen-bond donors (Lipinski definition) is 1. The van der Waals surface area contributed by atoms with E-state index in [1.807, 2.05) is 12.2 Å². The lowest BCUT2D eigenvalue weighted by atomic mass is 9.96. The highest BCUT2D eigenvalue weighted by Crippen LogP contribution is 2.29. The smallest absolute Gasteiger partial charge is 0.310 e. The van der Waals surface area contributed by atoms with Crippen LogP contribution in [0.1, 0.15) is 39.0 Å². The number of aliphatic carboxylic acids is 1. The van der Waals surface area contributed by atoms with Gasteiger partial charge in [-0.2, -0.15) is 0 Å². The Morgan fingerprint density at radius 1 is 1.42 bits per heavy atom. The first kappa shape index (κ1) is 14.0. The highest BCUT2D eigenvalue weighted by molar-refractivity contribution is 5.73. The number of hydrogen-bond acceptors (Lipinski definition) is 3. The van der Waals surface area contributed by atoms with E-state index in [4.69, 9.17) is 4.74 Å². The van der Waals surface area contributed by atoms with Gasteiger partial charge in [-0.15, -0.1) is 0 Å². The quantitative estimate of drug-likeness (QED) is 0.830. The third-order valence-corrected chi connectivity index (χ3v) is 3.64. The molecule has 1 heterocycles. The fraction of sp³-hybridized carbons (Fsp3) is 0.667. The SMILES string of the molecule is CCCOC1=CCC(C(=O)O)C=C1N1CCCCC1. The van der Waals surface area contributed by atoms with Crippen molar-refractivity contribution >= 4 is 5.97 Å². The zero-order valence-electron chi connectivity index (χ0n) is 11.6. The Hall–Kier alpha value is -1.45. The van der Waals surface area contributed by atoms with Gasteiger partial charge in [0.25, 0.3) is 0 Å². The van der Waals surface area contributed by atoms with Gasteiger partial charge in [0.15, 0.2) is 0 Å². The first-order valence-corrected chi connectivity index (χ1v) is 7.25. The van der Waals surface area contributed by atoms with Crippen molar-refractivity contribution in [1.82, 2.24) is 4.90 Å². The maximum Gasteiger partial charge on any atom is 0.310 e. The number of carboxylic acid groups (broad SMARTS) is 1. The number of piperidine rings is 1. The van der Waals surface area contributed by atoms with Crippen molar-refractivity contribution in [2.75, 3.05) is 19.7 Å². The molecule has 0 spiro atoms.